The van der Waals surface area contributed by atoms with Gasteiger partial charge < -0.3 is 10.1 Å². The number of amides is 2. The SMILES string of the molecule is CCOC(=O)c1ccc(N2C(=O)CC(SC(=NC)Nc3ccc(F)cc3)C2=O)cc1. The molecule has 2 aromatic carbocycles. The molecule has 1 heterocycles. The Kier molecular flexibility index (Phi) is 6.83. The molecule has 1 fully saturated rings. The Morgan fingerprint density at radius 1 is 1.20 bits per heavy atom. The molecule has 7 nitrogen and oxygen atoms in total. The highest BCUT2D eigenvalue weighted by Crippen LogP contribution is 2.31. The number of carbonyl (C=O) groups is 3. The van der Waals surface area contributed by atoms with E-state index in [0.717, 1.165) is 16.7 Å². The molecule has 0 bridgehead atoms. The first-order valence-electron chi connectivity index (χ1n) is 9.23. The fraction of sp³-hybridized carbons (Fsp3) is 0.238. The van der Waals surface area contributed by atoms with Crippen LogP contribution in [0.2, 0.25) is 0 Å². The summed E-state index contributed by atoms with van der Waals surface area (Å²) in [6.45, 7) is 1.97. The predicted molar refractivity (Wildman–Crippen MR) is 114 cm³/mol. The first kappa shape index (κ1) is 21.5. The number of halogens is 1. The third-order valence-electron chi connectivity index (χ3n) is 4.29. The number of ether oxygens (including phenoxy) is 1. The van der Waals surface area contributed by atoms with E-state index in [1.165, 1.54) is 24.3 Å². The molecule has 156 valence electrons. The fourth-order valence-corrected chi connectivity index (χ4v) is 3.84. The summed E-state index contributed by atoms with van der Waals surface area (Å²) in [7, 11) is 1.56. The Morgan fingerprint density at radius 2 is 1.87 bits per heavy atom. The smallest absolute Gasteiger partial charge is 0.338 e. The zero-order valence-electron chi connectivity index (χ0n) is 16.4. The van der Waals surface area contributed by atoms with Gasteiger partial charge in [-0.25, -0.2) is 14.1 Å². The monoisotopic (exact) mass is 429 g/mol. The Bertz CT molecular complexity index is 977. The van der Waals surface area contributed by atoms with Crippen LogP contribution in [0.1, 0.15) is 23.7 Å². The van der Waals surface area contributed by atoms with Crippen LogP contribution in [-0.4, -0.2) is 41.9 Å². The molecule has 0 aliphatic carbocycles. The molecule has 30 heavy (non-hydrogen) atoms. The summed E-state index contributed by atoms with van der Waals surface area (Å²) in [5.41, 5.74) is 1.35. The van der Waals surface area contributed by atoms with Crippen molar-refractivity contribution in [2.45, 2.75) is 18.6 Å². The molecule has 0 radical (unpaired) electrons. The van der Waals surface area contributed by atoms with Crippen molar-refractivity contribution in [3.05, 3.63) is 59.9 Å². The van der Waals surface area contributed by atoms with Crippen molar-refractivity contribution >= 4 is 46.1 Å². The molecule has 0 spiro atoms. The van der Waals surface area contributed by atoms with Gasteiger partial charge in [-0.2, -0.15) is 0 Å². The number of carbonyl (C=O) groups excluding carboxylic acids is 3. The lowest BCUT2D eigenvalue weighted by molar-refractivity contribution is -0.121. The molecule has 2 aromatic rings. The summed E-state index contributed by atoms with van der Waals surface area (Å²) < 4.78 is 18.0. The highest BCUT2D eigenvalue weighted by Gasteiger charge is 2.40. The van der Waals surface area contributed by atoms with Gasteiger partial charge >= 0.3 is 5.97 Å². The average Bonchev–Trinajstić information content (AvgIpc) is 3.02. The van der Waals surface area contributed by atoms with Gasteiger partial charge in [0.2, 0.25) is 11.8 Å². The Morgan fingerprint density at radius 3 is 2.47 bits per heavy atom. The topological polar surface area (TPSA) is 88.1 Å². The summed E-state index contributed by atoms with van der Waals surface area (Å²) >= 11 is 1.14. The van der Waals surface area contributed by atoms with E-state index in [0.29, 0.717) is 22.1 Å². The van der Waals surface area contributed by atoms with Crippen LogP contribution in [0.3, 0.4) is 0 Å². The highest BCUT2D eigenvalue weighted by molar-refractivity contribution is 8.15. The van der Waals surface area contributed by atoms with Crippen molar-refractivity contribution in [3.63, 3.8) is 0 Å². The van der Waals surface area contributed by atoms with Gasteiger partial charge in [0.05, 0.1) is 17.9 Å². The molecule has 1 N–H and O–H groups in total. The first-order chi connectivity index (χ1) is 14.4. The quantitative estimate of drug-likeness (QED) is 0.339. The Hall–Kier alpha value is -3.20. The van der Waals surface area contributed by atoms with E-state index in [-0.39, 0.29) is 30.7 Å². The van der Waals surface area contributed by atoms with Crippen molar-refractivity contribution < 1.29 is 23.5 Å². The number of anilines is 2. The largest absolute Gasteiger partial charge is 0.462 e. The molecular weight excluding hydrogens is 409 g/mol. The average molecular weight is 429 g/mol. The number of rotatable bonds is 5. The van der Waals surface area contributed by atoms with E-state index in [4.69, 9.17) is 4.74 Å². The number of nitrogens with zero attached hydrogens (tertiary/aromatic N) is 2. The van der Waals surface area contributed by atoms with Crippen LogP contribution in [0.5, 0.6) is 0 Å². The van der Waals surface area contributed by atoms with Crippen LogP contribution in [-0.2, 0) is 14.3 Å². The highest BCUT2D eigenvalue weighted by atomic mass is 32.2. The maximum Gasteiger partial charge on any atom is 0.338 e. The van der Waals surface area contributed by atoms with Crippen LogP contribution in [0, 0.1) is 5.82 Å². The van der Waals surface area contributed by atoms with E-state index >= 15 is 0 Å². The zero-order chi connectivity index (χ0) is 21.7. The lowest BCUT2D eigenvalue weighted by Gasteiger charge is -2.16. The zero-order valence-corrected chi connectivity index (χ0v) is 17.2. The molecule has 1 unspecified atom stereocenters. The number of hydrogen-bond donors (Lipinski definition) is 1. The number of amidine groups is 1. The molecule has 0 saturated carbocycles. The number of esters is 1. The number of hydrogen-bond acceptors (Lipinski definition) is 6. The van der Waals surface area contributed by atoms with Crippen LogP contribution < -0.4 is 10.2 Å². The summed E-state index contributed by atoms with van der Waals surface area (Å²) in [4.78, 5) is 42.3. The minimum atomic E-state index is -0.645. The van der Waals surface area contributed by atoms with Crippen molar-refractivity contribution in [1.29, 1.82) is 0 Å². The number of imide groups is 1. The number of aliphatic imine (C=N–C) groups is 1. The summed E-state index contributed by atoms with van der Waals surface area (Å²) in [6.07, 6.45) is 0.0211. The van der Waals surface area contributed by atoms with Crippen molar-refractivity contribution in [2.24, 2.45) is 4.99 Å². The second-order valence-corrected chi connectivity index (χ2v) is 7.50. The lowest BCUT2D eigenvalue weighted by Crippen LogP contribution is -2.31. The molecule has 1 atom stereocenters. The van der Waals surface area contributed by atoms with Crippen molar-refractivity contribution in [1.82, 2.24) is 0 Å². The normalized spacial score (nSPS) is 16.7. The Labute approximate surface area is 177 Å². The minimum absolute atomic E-state index is 0.0211. The van der Waals surface area contributed by atoms with Crippen LogP contribution >= 0.6 is 11.8 Å². The molecule has 9 heteroatoms. The van der Waals surface area contributed by atoms with Gasteiger partial charge in [-0.3, -0.25) is 14.6 Å². The van der Waals surface area contributed by atoms with Gasteiger partial charge in [-0.1, -0.05) is 11.8 Å². The summed E-state index contributed by atoms with van der Waals surface area (Å²) in [6, 6.07) is 11.9. The first-order valence-corrected chi connectivity index (χ1v) is 10.1. The molecule has 1 saturated heterocycles. The van der Waals surface area contributed by atoms with E-state index in [2.05, 4.69) is 10.3 Å². The van der Waals surface area contributed by atoms with E-state index in [1.807, 2.05) is 0 Å². The molecule has 3 rings (SSSR count). The van der Waals surface area contributed by atoms with E-state index < -0.39 is 11.2 Å². The van der Waals surface area contributed by atoms with E-state index in [1.54, 1.807) is 38.2 Å². The van der Waals surface area contributed by atoms with E-state index in [9.17, 15) is 18.8 Å². The number of benzene rings is 2. The van der Waals surface area contributed by atoms with Crippen molar-refractivity contribution in [2.75, 3.05) is 23.9 Å². The van der Waals surface area contributed by atoms with Gasteiger partial charge in [0.15, 0.2) is 5.17 Å². The van der Waals surface area contributed by atoms with Gasteiger partial charge in [-0.15, -0.1) is 0 Å². The predicted octanol–water partition coefficient (Wildman–Crippen LogP) is 3.47. The molecule has 1 aliphatic heterocycles. The summed E-state index contributed by atoms with van der Waals surface area (Å²) in [5.74, 6) is -1.52. The third-order valence-corrected chi connectivity index (χ3v) is 5.46. The Balaban J connectivity index is 1.69. The number of thioether (sulfide) groups is 1. The fourth-order valence-electron chi connectivity index (χ4n) is 2.86. The second kappa shape index (κ2) is 9.53. The standard InChI is InChI=1S/C21H20FN3O4S/c1-3-29-20(28)13-4-10-16(11-5-13)25-18(26)12-17(19(25)27)30-21(23-2)24-15-8-6-14(22)7-9-15/h4-11,17H,3,12H2,1-2H3,(H,23,24). The maximum absolute atomic E-state index is 13.1. The molecule has 1 aliphatic rings. The third kappa shape index (κ3) is 4.85. The number of nitrogens with one attached hydrogen (secondary N) is 1. The minimum Gasteiger partial charge on any atom is -0.462 e. The van der Waals surface area contributed by atoms with Gasteiger partial charge in [-0.05, 0) is 55.5 Å². The lowest BCUT2D eigenvalue weighted by atomic mass is 10.2. The van der Waals surface area contributed by atoms with Crippen LogP contribution in [0.25, 0.3) is 0 Å². The molecule has 2 amide bonds. The van der Waals surface area contributed by atoms with Crippen LogP contribution in [0.4, 0.5) is 15.8 Å². The molecular formula is C21H20FN3O4S. The van der Waals surface area contributed by atoms with Crippen LogP contribution in [0.15, 0.2) is 53.5 Å². The molecule has 0 aromatic heterocycles. The van der Waals surface area contributed by atoms with Gasteiger partial charge in [0.1, 0.15) is 11.1 Å². The van der Waals surface area contributed by atoms with Gasteiger partial charge in [0.25, 0.3) is 0 Å². The summed E-state index contributed by atoms with van der Waals surface area (Å²) in [5, 5.41) is 2.81. The maximum atomic E-state index is 13.1. The van der Waals surface area contributed by atoms with Crippen molar-refractivity contribution in [3.8, 4) is 0 Å². The second-order valence-electron chi connectivity index (χ2n) is 6.31. The van der Waals surface area contributed by atoms with Gasteiger partial charge in [0, 0.05) is 19.2 Å².